The van der Waals surface area contributed by atoms with Crippen molar-refractivity contribution in [3.05, 3.63) is 51.2 Å². The highest BCUT2D eigenvalue weighted by Crippen LogP contribution is 2.30. The van der Waals surface area contributed by atoms with E-state index in [1.807, 2.05) is 12.1 Å². The number of ether oxygens (including phenoxy) is 1. The minimum atomic E-state index is -1.04. The molecule has 0 saturated heterocycles. The number of carbonyl (C=O) groups is 2. The standard InChI is InChI=1S/C18H18N2O4S/c1-11(12-4-2-6-14(8-12)24-10-17(21)22)19-20-18(23)16-9-13-5-3-7-15(13)25-16/h2,4,6,8-9H,3,5,7,10H2,1H3,(H,20,23)(H,21,22)/b19-11-. The number of fused-ring (bicyclic) bond motifs is 1. The van der Waals surface area contributed by atoms with Crippen molar-refractivity contribution in [2.24, 2.45) is 5.10 Å². The number of carboxylic acid groups (broad SMARTS) is 1. The number of nitrogens with zero attached hydrogens (tertiary/aromatic N) is 1. The van der Waals surface area contributed by atoms with Gasteiger partial charge in [0.25, 0.3) is 5.91 Å². The predicted octanol–water partition coefficient (Wildman–Crippen LogP) is 2.85. The molecule has 1 aliphatic rings. The lowest BCUT2D eigenvalue weighted by Crippen LogP contribution is -2.18. The van der Waals surface area contributed by atoms with Crippen LogP contribution in [-0.4, -0.2) is 29.3 Å². The van der Waals surface area contributed by atoms with Crippen molar-refractivity contribution in [1.29, 1.82) is 0 Å². The summed E-state index contributed by atoms with van der Waals surface area (Å²) in [6, 6.07) is 8.88. The Labute approximate surface area is 149 Å². The van der Waals surface area contributed by atoms with E-state index >= 15 is 0 Å². The summed E-state index contributed by atoms with van der Waals surface area (Å²) in [6.07, 6.45) is 3.27. The fourth-order valence-corrected chi connectivity index (χ4v) is 3.79. The lowest BCUT2D eigenvalue weighted by molar-refractivity contribution is -0.139. The molecule has 0 saturated carbocycles. The van der Waals surface area contributed by atoms with Gasteiger partial charge in [0.05, 0.1) is 10.6 Å². The first-order valence-electron chi connectivity index (χ1n) is 7.94. The molecule has 0 fully saturated rings. The van der Waals surface area contributed by atoms with Gasteiger partial charge in [-0.3, -0.25) is 4.79 Å². The van der Waals surface area contributed by atoms with Crippen LogP contribution in [0.1, 0.15) is 39.0 Å². The first kappa shape index (κ1) is 17.2. The van der Waals surface area contributed by atoms with Gasteiger partial charge in [-0.25, -0.2) is 10.2 Å². The molecule has 130 valence electrons. The summed E-state index contributed by atoms with van der Waals surface area (Å²) >= 11 is 1.53. The Bertz CT molecular complexity index is 820. The molecule has 0 unspecified atom stereocenters. The number of thiophene rings is 1. The fraction of sp³-hybridized carbons (Fsp3) is 0.278. The molecule has 0 spiro atoms. The predicted molar refractivity (Wildman–Crippen MR) is 95.6 cm³/mol. The van der Waals surface area contributed by atoms with E-state index in [0.29, 0.717) is 16.3 Å². The Hall–Kier alpha value is -2.67. The van der Waals surface area contributed by atoms with E-state index in [1.165, 1.54) is 28.2 Å². The molecular weight excluding hydrogens is 340 g/mol. The number of amides is 1. The summed E-state index contributed by atoms with van der Waals surface area (Å²) in [5.74, 6) is -0.807. The first-order valence-corrected chi connectivity index (χ1v) is 8.76. The van der Waals surface area contributed by atoms with Crippen LogP contribution < -0.4 is 10.2 Å². The van der Waals surface area contributed by atoms with Crippen LogP contribution in [0, 0.1) is 0 Å². The maximum Gasteiger partial charge on any atom is 0.341 e. The Morgan fingerprint density at radius 3 is 2.92 bits per heavy atom. The number of carboxylic acids is 1. The lowest BCUT2D eigenvalue weighted by Gasteiger charge is -2.06. The Morgan fingerprint density at radius 1 is 1.32 bits per heavy atom. The quantitative estimate of drug-likeness (QED) is 0.614. The molecule has 2 N–H and O–H groups in total. The number of rotatable bonds is 6. The van der Waals surface area contributed by atoms with Crippen molar-refractivity contribution in [2.75, 3.05) is 6.61 Å². The van der Waals surface area contributed by atoms with Gasteiger partial charge in [0.1, 0.15) is 5.75 Å². The Balaban J connectivity index is 1.65. The van der Waals surface area contributed by atoms with Crippen LogP contribution in [0.15, 0.2) is 35.4 Å². The highest BCUT2D eigenvalue weighted by atomic mass is 32.1. The summed E-state index contributed by atoms with van der Waals surface area (Å²) < 4.78 is 5.15. The summed E-state index contributed by atoms with van der Waals surface area (Å²) in [5.41, 5.74) is 5.21. The number of carbonyl (C=O) groups excluding carboxylic acids is 1. The molecule has 6 nitrogen and oxygen atoms in total. The largest absolute Gasteiger partial charge is 0.482 e. The lowest BCUT2D eigenvalue weighted by atomic mass is 10.1. The monoisotopic (exact) mass is 358 g/mol. The number of hydrazone groups is 1. The number of aliphatic carboxylic acids is 1. The molecule has 1 aromatic heterocycles. The second-order valence-corrected chi connectivity index (χ2v) is 6.90. The maximum atomic E-state index is 12.2. The maximum absolute atomic E-state index is 12.2. The van der Waals surface area contributed by atoms with E-state index in [1.54, 1.807) is 25.1 Å². The Morgan fingerprint density at radius 2 is 2.16 bits per heavy atom. The number of benzene rings is 1. The van der Waals surface area contributed by atoms with Crippen molar-refractivity contribution in [3.63, 3.8) is 0 Å². The molecule has 1 amide bonds. The zero-order chi connectivity index (χ0) is 17.8. The van der Waals surface area contributed by atoms with E-state index in [4.69, 9.17) is 9.84 Å². The van der Waals surface area contributed by atoms with Crippen LogP contribution in [0.2, 0.25) is 0 Å². The van der Waals surface area contributed by atoms with E-state index in [9.17, 15) is 9.59 Å². The van der Waals surface area contributed by atoms with Gasteiger partial charge in [-0.2, -0.15) is 5.10 Å². The number of aryl methyl sites for hydroxylation is 2. The fourth-order valence-electron chi connectivity index (χ4n) is 2.65. The van der Waals surface area contributed by atoms with Crippen molar-refractivity contribution < 1.29 is 19.4 Å². The van der Waals surface area contributed by atoms with Crippen LogP contribution in [0.3, 0.4) is 0 Å². The van der Waals surface area contributed by atoms with E-state index in [2.05, 4.69) is 10.5 Å². The normalized spacial score (nSPS) is 13.4. The molecule has 1 aromatic carbocycles. The van der Waals surface area contributed by atoms with Crippen LogP contribution in [0.4, 0.5) is 0 Å². The summed E-state index contributed by atoms with van der Waals surface area (Å²) in [6.45, 7) is 1.37. The van der Waals surface area contributed by atoms with Gasteiger partial charge >= 0.3 is 5.97 Å². The highest BCUT2D eigenvalue weighted by molar-refractivity contribution is 7.14. The van der Waals surface area contributed by atoms with Gasteiger partial charge in [-0.1, -0.05) is 12.1 Å². The zero-order valence-corrected chi connectivity index (χ0v) is 14.6. The van der Waals surface area contributed by atoms with Crippen molar-refractivity contribution in [3.8, 4) is 5.75 Å². The molecule has 3 rings (SSSR count). The van der Waals surface area contributed by atoms with Crippen LogP contribution in [0.5, 0.6) is 5.75 Å². The van der Waals surface area contributed by atoms with Gasteiger partial charge in [0.15, 0.2) is 6.61 Å². The van der Waals surface area contributed by atoms with Crippen LogP contribution >= 0.6 is 11.3 Å². The van der Waals surface area contributed by atoms with Gasteiger partial charge in [0, 0.05) is 10.4 Å². The third-order valence-corrected chi connectivity index (χ3v) is 5.15. The first-order chi connectivity index (χ1) is 12.0. The minimum absolute atomic E-state index is 0.211. The number of nitrogens with one attached hydrogen (secondary N) is 1. The van der Waals surface area contributed by atoms with Gasteiger partial charge < -0.3 is 9.84 Å². The molecule has 7 heteroatoms. The van der Waals surface area contributed by atoms with Crippen molar-refractivity contribution in [2.45, 2.75) is 26.2 Å². The van der Waals surface area contributed by atoms with Gasteiger partial charge in [0.2, 0.25) is 0 Å². The van der Waals surface area contributed by atoms with Crippen LogP contribution in [-0.2, 0) is 17.6 Å². The second kappa shape index (κ2) is 7.48. The zero-order valence-electron chi connectivity index (χ0n) is 13.7. The molecule has 0 bridgehead atoms. The average molecular weight is 358 g/mol. The summed E-state index contributed by atoms with van der Waals surface area (Å²) in [7, 11) is 0. The van der Waals surface area contributed by atoms with E-state index in [0.717, 1.165) is 18.4 Å². The minimum Gasteiger partial charge on any atom is -0.482 e. The molecule has 0 atom stereocenters. The third-order valence-electron chi connectivity index (χ3n) is 3.91. The number of hydrogen-bond acceptors (Lipinski definition) is 5. The van der Waals surface area contributed by atoms with Gasteiger partial charge in [-0.15, -0.1) is 11.3 Å². The summed E-state index contributed by atoms with van der Waals surface area (Å²) in [5, 5.41) is 12.8. The molecule has 25 heavy (non-hydrogen) atoms. The third kappa shape index (κ3) is 4.24. The van der Waals surface area contributed by atoms with E-state index < -0.39 is 12.6 Å². The second-order valence-electron chi connectivity index (χ2n) is 5.76. The van der Waals surface area contributed by atoms with Crippen LogP contribution in [0.25, 0.3) is 0 Å². The van der Waals surface area contributed by atoms with Crippen molar-refractivity contribution in [1.82, 2.24) is 5.43 Å². The molecule has 1 aliphatic carbocycles. The van der Waals surface area contributed by atoms with E-state index in [-0.39, 0.29) is 5.91 Å². The molecule has 0 radical (unpaired) electrons. The molecule has 1 heterocycles. The average Bonchev–Trinajstić information content (AvgIpc) is 3.19. The molecule has 2 aromatic rings. The van der Waals surface area contributed by atoms with Gasteiger partial charge in [-0.05, 0) is 49.9 Å². The van der Waals surface area contributed by atoms with Crippen molar-refractivity contribution >= 4 is 28.9 Å². The molecule has 0 aliphatic heterocycles. The topological polar surface area (TPSA) is 88.0 Å². The smallest absolute Gasteiger partial charge is 0.341 e. The summed E-state index contributed by atoms with van der Waals surface area (Å²) in [4.78, 5) is 24.8. The Kier molecular flexibility index (Phi) is 5.14. The number of hydrogen-bond donors (Lipinski definition) is 2. The SMILES string of the molecule is C/C(=N/NC(=O)c1cc2c(s1)CCC2)c1cccc(OCC(=O)O)c1. The highest BCUT2D eigenvalue weighted by Gasteiger charge is 2.18. The molecular formula is C18H18N2O4S.